The van der Waals surface area contributed by atoms with Gasteiger partial charge < -0.3 is 15.4 Å². The van der Waals surface area contributed by atoms with Gasteiger partial charge in [-0.25, -0.2) is 4.79 Å². The van der Waals surface area contributed by atoms with Crippen LogP contribution in [0.25, 0.3) is 0 Å². The molecule has 2 amide bonds. The van der Waals surface area contributed by atoms with Gasteiger partial charge in [0.05, 0.1) is 12.1 Å². The molecule has 1 aromatic rings. The zero-order chi connectivity index (χ0) is 12.8. The maximum atomic E-state index is 11.7. The minimum atomic E-state index is -0.165. The minimum absolute atomic E-state index is 0.0430. The number of aromatic nitrogens is 1. The van der Waals surface area contributed by atoms with E-state index in [0.717, 1.165) is 25.0 Å². The number of hydrogen-bond donors (Lipinski definition) is 2. The molecular formula is C13H19N3O2. The van der Waals surface area contributed by atoms with Crippen LogP contribution in [-0.2, 0) is 11.3 Å². The first kappa shape index (κ1) is 12.8. The molecule has 0 bridgehead atoms. The number of pyridine rings is 1. The summed E-state index contributed by atoms with van der Waals surface area (Å²) in [5, 5.41) is 5.70. The Morgan fingerprint density at radius 2 is 2.56 bits per heavy atom. The smallest absolute Gasteiger partial charge is 0.315 e. The molecule has 1 saturated heterocycles. The molecule has 0 saturated carbocycles. The van der Waals surface area contributed by atoms with Crippen molar-refractivity contribution in [3.8, 4) is 0 Å². The second kappa shape index (κ2) is 6.35. The van der Waals surface area contributed by atoms with Crippen molar-refractivity contribution in [2.75, 3.05) is 6.61 Å². The van der Waals surface area contributed by atoms with Crippen LogP contribution < -0.4 is 10.6 Å². The highest BCUT2D eigenvalue weighted by Gasteiger charge is 2.23. The molecule has 0 unspecified atom stereocenters. The summed E-state index contributed by atoms with van der Waals surface area (Å²) in [6, 6.07) is 3.66. The third-order valence-electron chi connectivity index (χ3n) is 3.06. The Morgan fingerprint density at radius 3 is 3.22 bits per heavy atom. The van der Waals surface area contributed by atoms with E-state index in [1.165, 1.54) is 0 Å². The lowest BCUT2D eigenvalue weighted by atomic mass is 10.1. The number of nitrogens with zero attached hydrogens (tertiary/aromatic N) is 1. The van der Waals surface area contributed by atoms with Crippen LogP contribution in [0.3, 0.4) is 0 Å². The first-order chi connectivity index (χ1) is 8.75. The van der Waals surface area contributed by atoms with Gasteiger partial charge in [-0.3, -0.25) is 4.98 Å². The van der Waals surface area contributed by atoms with E-state index in [1.54, 1.807) is 12.4 Å². The molecule has 1 aliphatic rings. The summed E-state index contributed by atoms with van der Waals surface area (Å²) in [5.41, 5.74) is 0.984. The summed E-state index contributed by atoms with van der Waals surface area (Å²) in [7, 11) is 0. The van der Waals surface area contributed by atoms with Crippen LogP contribution in [0.2, 0.25) is 0 Å². The van der Waals surface area contributed by atoms with Gasteiger partial charge in [0.1, 0.15) is 0 Å². The van der Waals surface area contributed by atoms with Crippen LogP contribution in [-0.4, -0.2) is 29.8 Å². The zero-order valence-corrected chi connectivity index (χ0v) is 10.6. The van der Waals surface area contributed by atoms with Crippen LogP contribution in [0.1, 0.15) is 25.3 Å². The maximum absolute atomic E-state index is 11.7. The van der Waals surface area contributed by atoms with Crippen molar-refractivity contribution in [1.29, 1.82) is 0 Å². The minimum Gasteiger partial charge on any atom is -0.376 e. The maximum Gasteiger partial charge on any atom is 0.315 e. The topological polar surface area (TPSA) is 63.2 Å². The Morgan fingerprint density at radius 1 is 1.67 bits per heavy atom. The van der Waals surface area contributed by atoms with E-state index in [1.807, 2.05) is 19.1 Å². The van der Waals surface area contributed by atoms with Gasteiger partial charge in [-0.05, 0) is 31.4 Å². The van der Waals surface area contributed by atoms with Gasteiger partial charge in [0.15, 0.2) is 0 Å². The molecule has 1 fully saturated rings. The molecular weight excluding hydrogens is 230 g/mol. The lowest BCUT2D eigenvalue weighted by Gasteiger charge is -2.20. The van der Waals surface area contributed by atoms with Crippen LogP contribution in [0.15, 0.2) is 24.5 Å². The molecule has 2 N–H and O–H groups in total. The largest absolute Gasteiger partial charge is 0.376 e. The van der Waals surface area contributed by atoms with Gasteiger partial charge in [-0.1, -0.05) is 6.07 Å². The van der Waals surface area contributed by atoms with Crippen molar-refractivity contribution in [3.05, 3.63) is 30.1 Å². The molecule has 2 rings (SSSR count). The molecule has 0 aliphatic carbocycles. The summed E-state index contributed by atoms with van der Waals surface area (Å²) >= 11 is 0. The molecule has 1 aliphatic heterocycles. The summed E-state index contributed by atoms with van der Waals surface area (Å²) in [4.78, 5) is 15.7. The first-order valence-electron chi connectivity index (χ1n) is 6.30. The van der Waals surface area contributed by atoms with E-state index in [-0.39, 0.29) is 18.2 Å². The Balaban J connectivity index is 1.71. The third kappa shape index (κ3) is 3.70. The highest BCUT2D eigenvalue weighted by Crippen LogP contribution is 2.15. The molecule has 1 aromatic heterocycles. The van der Waals surface area contributed by atoms with E-state index < -0.39 is 0 Å². The fourth-order valence-electron chi connectivity index (χ4n) is 2.03. The number of rotatable bonds is 4. The van der Waals surface area contributed by atoms with Crippen molar-refractivity contribution >= 4 is 6.03 Å². The van der Waals surface area contributed by atoms with Crippen LogP contribution in [0.5, 0.6) is 0 Å². The second-order valence-corrected chi connectivity index (χ2v) is 4.53. The summed E-state index contributed by atoms with van der Waals surface area (Å²) < 4.78 is 5.53. The van der Waals surface area contributed by atoms with E-state index in [4.69, 9.17) is 4.74 Å². The van der Waals surface area contributed by atoms with Crippen molar-refractivity contribution < 1.29 is 9.53 Å². The average molecular weight is 249 g/mol. The molecule has 98 valence electrons. The van der Waals surface area contributed by atoms with Gasteiger partial charge in [-0.15, -0.1) is 0 Å². The summed E-state index contributed by atoms with van der Waals surface area (Å²) in [6.45, 7) is 3.26. The van der Waals surface area contributed by atoms with E-state index in [2.05, 4.69) is 15.6 Å². The van der Waals surface area contributed by atoms with Gasteiger partial charge >= 0.3 is 6.03 Å². The quantitative estimate of drug-likeness (QED) is 0.849. The zero-order valence-electron chi connectivity index (χ0n) is 10.6. The Hall–Kier alpha value is -1.62. The van der Waals surface area contributed by atoms with Crippen LogP contribution in [0.4, 0.5) is 4.79 Å². The molecule has 0 aromatic carbocycles. The third-order valence-corrected chi connectivity index (χ3v) is 3.06. The normalized spacial score (nSPS) is 20.4. The van der Waals surface area contributed by atoms with Gasteiger partial charge in [0.2, 0.25) is 0 Å². The number of carbonyl (C=O) groups excluding carboxylic acids is 1. The van der Waals surface area contributed by atoms with E-state index in [9.17, 15) is 4.79 Å². The van der Waals surface area contributed by atoms with Crippen LogP contribution >= 0.6 is 0 Å². The molecule has 18 heavy (non-hydrogen) atoms. The second-order valence-electron chi connectivity index (χ2n) is 4.53. The number of hydrogen-bond acceptors (Lipinski definition) is 3. The standard InChI is InChI=1S/C13H19N3O2/c1-10(12-5-3-7-18-12)16-13(17)15-9-11-4-2-6-14-8-11/h2,4,6,8,10,12H,3,5,7,9H2,1H3,(H2,15,16,17)/t10-,12+/m0/s1. The number of ether oxygens (including phenoxy) is 1. The van der Waals surface area contributed by atoms with Crippen molar-refractivity contribution in [2.24, 2.45) is 0 Å². The highest BCUT2D eigenvalue weighted by atomic mass is 16.5. The Labute approximate surface area is 107 Å². The summed E-state index contributed by atoms with van der Waals surface area (Å²) in [5.74, 6) is 0. The first-order valence-corrected chi connectivity index (χ1v) is 6.30. The lowest BCUT2D eigenvalue weighted by Crippen LogP contribution is -2.45. The fourth-order valence-corrected chi connectivity index (χ4v) is 2.03. The molecule has 5 heteroatoms. The lowest BCUT2D eigenvalue weighted by molar-refractivity contribution is 0.0860. The van der Waals surface area contributed by atoms with E-state index >= 15 is 0 Å². The molecule has 0 radical (unpaired) electrons. The van der Waals surface area contributed by atoms with Crippen LogP contribution in [0, 0.1) is 0 Å². The van der Waals surface area contributed by atoms with Crippen molar-refractivity contribution in [2.45, 2.75) is 38.5 Å². The van der Waals surface area contributed by atoms with Crippen molar-refractivity contribution in [3.63, 3.8) is 0 Å². The fraction of sp³-hybridized carbons (Fsp3) is 0.538. The van der Waals surface area contributed by atoms with E-state index in [0.29, 0.717) is 6.54 Å². The molecule has 0 spiro atoms. The predicted octanol–water partition coefficient (Wildman–Crippen LogP) is 1.45. The Kier molecular flexibility index (Phi) is 4.52. The summed E-state index contributed by atoms with van der Waals surface area (Å²) in [6.07, 6.45) is 5.69. The number of nitrogens with one attached hydrogen (secondary N) is 2. The number of carbonyl (C=O) groups is 1. The Bertz CT molecular complexity index is 377. The number of urea groups is 1. The SMILES string of the molecule is C[C@H](NC(=O)NCc1cccnc1)[C@H]1CCCO1. The molecule has 2 atom stereocenters. The highest BCUT2D eigenvalue weighted by molar-refractivity contribution is 5.74. The molecule has 5 nitrogen and oxygen atoms in total. The van der Waals surface area contributed by atoms with Crippen molar-refractivity contribution in [1.82, 2.24) is 15.6 Å². The van der Waals surface area contributed by atoms with Gasteiger partial charge in [-0.2, -0.15) is 0 Å². The van der Waals surface area contributed by atoms with Gasteiger partial charge in [0.25, 0.3) is 0 Å². The van der Waals surface area contributed by atoms with Gasteiger partial charge in [0, 0.05) is 25.5 Å². The number of amides is 2. The average Bonchev–Trinajstić information content (AvgIpc) is 2.91. The monoisotopic (exact) mass is 249 g/mol. The molecule has 2 heterocycles. The predicted molar refractivity (Wildman–Crippen MR) is 68.0 cm³/mol.